The minimum absolute atomic E-state index is 0.0614. The summed E-state index contributed by atoms with van der Waals surface area (Å²) >= 11 is 4.17. The SMILES string of the molecule is Cc1ccc(-c2nnc(C(C)Sc3nnc(SCC(N)=O)s3)o2)cc1. The number of nitrogens with zero attached hydrogens (tertiary/aromatic N) is 4. The maximum atomic E-state index is 10.8. The molecular weight excluding hydrogens is 378 g/mol. The van der Waals surface area contributed by atoms with E-state index in [4.69, 9.17) is 10.2 Å². The van der Waals surface area contributed by atoms with Gasteiger partial charge in [0.2, 0.25) is 17.7 Å². The van der Waals surface area contributed by atoms with E-state index in [2.05, 4.69) is 20.4 Å². The van der Waals surface area contributed by atoms with Gasteiger partial charge in [-0.1, -0.05) is 52.6 Å². The van der Waals surface area contributed by atoms with Gasteiger partial charge >= 0.3 is 0 Å². The van der Waals surface area contributed by atoms with E-state index in [1.807, 2.05) is 38.1 Å². The van der Waals surface area contributed by atoms with Crippen LogP contribution in [0.2, 0.25) is 0 Å². The Kier molecular flexibility index (Phi) is 5.71. The molecule has 130 valence electrons. The summed E-state index contributed by atoms with van der Waals surface area (Å²) < 4.78 is 7.26. The summed E-state index contributed by atoms with van der Waals surface area (Å²) in [5.74, 6) is 0.843. The number of aryl methyl sites for hydroxylation is 1. The minimum Gasteiger partial charge on any atom is -0.419 e. The van der Waals surface area contributed by atoms with Crippen LogP contribution >= 0.6 is 34.9 Å². The predicted octanol–water partition coefficient (Wildman–Crippen LogP) is 3.33. The Balaban J connectivity index is 1.64. The van der Waals surface area contributed by atoms with Crippen molar-refractivity contribution in [3.8, 4) is 11.5 Å². The topological polar surface area (TPSA) is 108 Å². The van der Waals surface area contributed by atoms with Crippen LogP contribution < -0.4 is 5.73 Å². The molecule has 7 nitrogen and oxygen atoms in total. The molecule has 0 bridgehead atoms. The van der Waals surface area contributed by atoms with Gasteiger partial charge < -0.3 is 10.2 Å². The molecule has 1 aromatic carbocycles. The van der Waals surface area contributed by atoms with E-state index in [1.165, 1.54) is 40.4 Å². The Morgan fingerprint density at radius 2 is 1.92 bits per heavy atom. The van der Waals surface area contributed by atoms with Crippen LogP contribution in [0.1, 0.15) is 23.6 Å². The number of hydrogen-bond donors (Lipinski definition) is 1. The first-order valence-corrected chi connectivity index (χ1v) is 10.0. The number of benzene rings is 1. The number of thioether (sulfide) groups is 2. The van der Waals surface area contributed by atoms with Crippen molar-refractivity contribution in [2.75, 3.05) is 5.75 Å². The van der Waals surface area contributed by atoms with E-state index < -0.39 is 0 Å². The van der Waals surface area contributed by atoms with Crippen LogP contribution in [0.25, 0.3) is 11.5 Å². The minimum atomic E-state index is -0.378. The van der Waals surface area contributed by atoms with Crippen LogP contribution in [0.15, 0.2) is 37.4 Å². The van der Waals surface area contributed by atoms with Crippen molar-refractivity contribution in [1.82, 2.24) is 20.4 Å². The Hall–Kier alpha value is -1.91. The highest BCUT2D eigenvalue weighted by Gasteiger charge is 2.18. The zero-order valence-corrected chi connectivity index (χ0v) is 16.0. The molecule has 0 radical (unpaired) electrons. The molecule has 25 heavy (non-hydrogen) atoms. The number of hydrogen-bond acceptors (Lipinski definition) is 9. The normalized spacial score (nSPS) is 12.2. The first-order valence-electron chi connectivity index (χ1n) is 7.33. The molecule has 0 spiro atoms. The number of amides is 1. The van der Waals surface area contributed by atoms with Crippen LogP contribution in [0.3, 0.4) is 0 Å². The summed E-state index contributed by atoms with van der Waals surface area (Å²) in [6, 6.07) is 7.92. The molecule has 0 aliphatic carbocycles. The maximum Gasteiger partial charge on any atom is 0.247 e. The predicted molar refractivity (Wildman–Crippen MR) is 98.6 cm³/mol. The Bertz CT molecular complexity index is 862. The second kappa shape index (κ2) is 7.98. The van der Waals surface area contributed by atoms with E-state index in [0.29, 0.717) is 16.1 Å². The molecule has 1 unspecified atom stereocenters. The highest BCUT2D eigenvalue weighted by molar-refractivity contribution is 8.03. The lowest BCUT2D eigenvalue weighted by molar-refractivity contribution is -0.115. The lowest BCUT2D eigenvalue weighted by Crippen LogP contribution is -2.12. The summed E-state index contributed by atoms with van der Waals surface area (Å²) in [6.07, 6.45) is 0. The highest BCUT2D eigenvalue weighted by Crippen LogP contribution is 2.38. The molecular formula is C15H15N5O2S3. The van der Waals surface area contributed by atoms with Crippen molar-refractivity contribution < 1.29 is 9.21 Å². The van der Waals surface area contributed by atoms with Gasteiger partial charge in [0.15, 0.2) is 8.68 Å². The van der Waals surface area contributed by atoms with E-state index in [-0.39, 0.29) is 16.9 Å². The van der Waals surface area contributed by atoms with Crippen LogP contribution in [0.4, 0.5) is 0 Å². The summed E-state index contributed by atoms with van der Waals surface area (Å²) in [6.45, 7) is 3.99. The van der Waals surface area contributed by atoms with Crippen molar-refractivity contribution in [3.63, 3.8) is 0 Å². The van der Waals surface area contributed by atoms with Gasteiger partial charge in [0.25, 0.3) is 0 Å². The third-order valence-corrected chi connectivity index (χ3v) is 6.34. The fraction of sp³-hybridized carbons (Fsp3) is 0.267. The molecule has 0 aliphatic rings. The molecule has 2 heterocycles. The Labute approximate surface area is 156 Å². The third-order valence-electron chi connectivity index (χ3n) is 3.09. The van der Waals surface area contributed by atoms with Crippen LogP contribution in [-0.2, 0) is 4.79 Å². The monoisotopic (exact) mass is 393 g/mol. The summed E-state index contributed by atoms with van der Waals surface area (Å²) in [7, 11) is 0. The quantitative estimate of drug-likeness (QED) is 0.609. The average molecular weight is 394 g/mol. The number of carbonyl (C=O) groups excluding carboxylic acids is 1. The second-order valence-electron chi connectivity index (χ2n) is 5.16. The molecule has 2 N–H and O–H groups in total. The number of rotatable bonds is 7. The largest absolute Gasteiger partial charge is 0.419 e. The number of nitrogens with two attached hydrogens (primary N) is 1. The maximum absolute atomic E-state index is 10.8. The highest BCUT2D eigenvalue weighted by atomic mass is 32.2. The summed E-state index contributed by atoms with van der Waals surface area (Å²) in [5, 5.41) is 16.3. The van der Waals surface area contributed by atoms with Gasteiger partial charge in [-0.3, -0.25) is 4.79 Å². The van der Waals surface area contributed by atoms with E-state index in [1.54, 1.807) is 0 Å². The second-order valence-corrected chi connectivity index (χ2v) is 8.95. The van der Waals surface area contributed by atoms with Gasteiger partial charge in [0.1, 0.15) is 0 Å². The fourth-order valence-electron chi connectivity index (χ4n) is 1.85. The van der Waals surface area contributed by atoms with E-state index in [0.717, 1.165) is 9.90 Å². The average Bonchev–Trinajstić information content (AvgIpc) is 3.23. The molecule has 3 rings (SSSR count). The van der Waals surface area contributed by atoms with E-state index >= 15 is 0 Å². The molecule has 0 saturated carbocycles. The van der Waals surface area contributed by atoms with Gasteiger partial charge in [-0.05, 0) is 26.0 Å². The van der Waals surface area contributed by atoms with Crippen molar-refractivity contribution in [2.45, 2.75) is 27.8 Å². The van der Waals surface area contributed by atoms with Crippen molar-refractivity contribution in [3.05, 3.63) is 35.7 Å². The molecule has 1 atom stereocenters. The first kappa shape index (κ1) is 17.9. The molecule has 0 aliphatic heterocycles. The number of aromatic nitrogens is 4. The molecule has 3 aromatic rings. The molecule has 1 amide bonds. The van der Waals surface area contributed by atoms with Crippen molar-refractivity contribution in [2.24, 2.45) is 5.73 Å². The van der Waals surface area contributed by atoms with Gasteiger partial charge in [-0.25, -0.2) is 0 Å². The van der Waals surface area contributed by atoms with Crippen LogP contribution in [0, 0.1) is 6.92 Å². The lowest BCUT2D eigenvalue weighted by atomic mass is 10.1. The third kappa shape index (κ3) is 4.80. The lowest BCUT2D eigenvalue weighted by Gasteiger charge is -2.02. The Morgan fingerprint density at radius 3 is 2.64 bits per heavy atom. The summed E-state index contributed by atoms with van der Waals surface area (Å²) in [4.78, 5) is 10.8. The van der Waals surface area contributed by atoms with Crippen molar-refractivity contribution in [1.29, 1.82) is 0 Å². The van der Waals surface area contributed by atoms with Gasteiger partial charge in [0, 0.05) is 5.56 Å². The number of carbonyl (C=O) groups is 1. The van der Waals surface area contributed by atoms with Gasteiger partial charge in [-0.15, -0.1) is 20.4 Å². The zero-order valence-electron chi connectivity index (χ0n) is 13.5. The molecule has 10 heteroatoms. The molecule has 0 fully saturated rings. The van der Waals surface area contributed by atoms with E-state index in [9.17, 15) is 4.79 Å². The zero-order chi connectivity index (χ0) is 17.8. The molecule has 2 aromatic heterocycles. The van der Waals surface area contributed by atoms with Gasteiger partial charge in [0.05, 0.1) is 11.0 Å². The smallest absolute Gasteiger partial charge is 0.247 e. The van der Waals surface area contributed by atoms with Gasteiger partial charge in [-0.2, -0.15) is 0 Å². The molecule has 0 saturated heterocycles. The van der Waals surface area contributed by atoms with Crippen LogP contribution in [-0.4, -0.2) is 32.1 Å². The first-order chi connectivity index (χ1) is 12.0. The fourth-order valence-corrected chi connectivity index (χ4v) is 4.78. The van der Waals surface area contributed by atoms with Crippen molar-refractivity contribution >= 4 is 40.8 Å². The Morgan fingerprint density at radius 1 is 1.20 bits per heavy atom. The van der Waals surface area contributed by atoms with Crippen LogP contribution in [0.5, 0.6) is 0 Å². The number of primary amides is 1. The standard InChI is InChI=1S/C15H15N5O2S3/c1-8-3-5-10(6-4-8)13-18-17-12(22-13)9(2)24-15-20-19-14(25-15)23-7-11(16)21/h3-6,9H,7H2,1-2H3,(H2,16,21). The summed E-state index contributed by atoms with van der Waals surface area (Å²) in [5.41, 5.74) is 7.19.